The number of anilines is 1. The van der Waals surface area contributed by atoms with Crippen LogP contribution in [0.15, 0.2) is 22.7 Å². The lowest BCUT2D eigenvalue weighted by molar-refractivity contribution is 0.458. The monoisotopic (exact) mass is 309 g/mol. The zero-order valence-corrected chi connectivity index (χ0v) is 12.3. The molecular weight excluding hydrogens is 294 g/mol. The Labute approximate surface area is 115 Å². The SMILES string of the molecule is CCN(c1nc(O)c2cccc(Br)c2n1)C(C)C. The summed E-state index contributed by atoms with van der Waals surface area (Å²) < 4.78 is 0.860. The minimum Gasteiger partial charge on any atom is -0.493 e. The van der Waals surface area contributed by atoms with Gasteiger partial charge in [-0.2, -0.15) is 4.98 Å². The van der Waals surface area contributed by atoms with Crippen LogP contribution in [-0.4, -0.2) is 27.7 Å². The van der Waals surface area contributed by atoms with Gasteiger partial charge in [0, 0.05) is 17.1 Å². The molecule has 2 rings (SSSR count). The van der Waals surface area contributed by atoms with Gasteiger partial charge in [-0.05, 0) is 48.8 Å². The van der Waals surface area contributed by atoms with Gasteiger partial charge in [-0.1, -0.05) is 6.07 Å². The van der Waals surface area contributed by atoms with E-state index in [4.69, 9.17) is 0 Å². The summed E-state index contributed by atoms with van der Waals surface area (Å²) in [5.74, 6) is 0.583. The Hall–Kier alpha value is -1.36. The topological polar surface area (TPSA) is 49.2 Å². The Morgan fingerprint density at radius 2 is 2.06 bits per heavy atom. The number of hydrogen-bond donors (Lipinski definition) is 1. The maximum atomic E-state index is 10.0. The van der Waals surface area contributed by atoms with Gasteiger partial charge in [0.1, 0.15) is 0 Å². The fourth-order valence-electron chi connectivity index (χ4n) is 1.96. The lowest BCUT2D eigenvalue weighted by atomic mass is 10.2. The molecule has 0 atom stereocenters. The van der Waals surface area contributed by atoms with E-state index in [1.54, 1.807) is 0 Å². The highest BCUT2D eigenvalue weighted by Gasteiger charge is 2.15. The van der Waals surface area contributed by atoms with E-state index in [1.807, 2.05) is 30.0 Å². The fraction of sp³-hybridized carbons (Fsp3) is 0.385. The summed E-state index contributed by atoms with van der Waals surface area (Å²) in [6.07, 6.45) is 0. The average Bonchev–Trinajstić information content (AvgIpc) is 2.31. The maximum Gasteiger partial charge on any atom is 0.229 e. The molecule has 18 heavy (non-hydrogen) atoms. The van der Waals surface area contributed by atoms with Crippen molar-refractivity contribution < 1.29 is 5.11 Å². The summed E-state index contributed by atoms with van der Waals surface area (Å²) in [4.78, 5) is 10.8. The molecule has 0 bridgehead atoms. The van der Waals surface area contributed by atoms with Crippen LogP contribution in [0.1, 0.15) is 20.8 Å². The number of aromatic nitrogens is 2. The smallest absolute Gasteiger partial charge is 0.229 e. The van der Waals surface area contributed by atoms with E-state index >= 15 is 0 Å². The van der Waals surface area contributed by atoms with E-state index in [0.717, 1.165) is 16.5 Å². The van der Waals surface area contributed by atoms with Gasteiger partial charge in [0.15, 0.2) is 0 Å². The summed E-state index contributed by atoms with van der Waals surface area (Å²) in [6.45, 7) is 7.00. The van der Waals surface area contributed by atoms with Crippen LogP contribution in [0, 0.1) is 0 Å². The largest absolute Gasteiger partial charge is 0.493 e. The molecule has 4 nitrogen and oxygen atoms in total. The quantitative estimate of drug-likeness (QED) is 0.944. The normalized spacial score (nSPS) is 11.2. The molecule has 0 amide bonds. The first-order chi connectivity index (χ1) is 8.54. The third kappa shape index (κ3) is 2.27. The molecule has 0 aliphatic carbocycles. The van der Waals surface area contributed by atoms with Gasteiger partial charge in [-0.15, -0.1) is 0 Å². The van der Waals surface area contributed by atoms with Crippen molar-refractivity contribution in [1.82, 2.24) is 9.97 Å². The van der Waals surface area contributed by atoms with Crippen molar-refractivity contribution in [3.63, 3.8) is 0 Å². The standard InChI is InChI=1S/C13H16BrN3O/c1-4-17(8(2)3)13-15-11-9(12(18)16-13)6-5-7-10(11)14/h5-8H,4H2,1-3H3,(H,15,16,18). The Kier molecular flexibility index (Phi) is 3.71. The molecule has 0 fully saturated rings. The van der Waals surface area contributed by atoms with Crippen molar-refractivity contribution in [2.75, 3.05) is 11.4 Å². The number of fused-ring (bicyclic) bond motifs is 1. The molecular formula is C13H16BrN3O. The highest BCUT2D eigenvalue weighted by atomic mass is 79.9. The number of nitrogens with zero attached hydrogens (tertiary/aromatic N) is 3. The van der Waals surface area contributed by atoms with Crippen molar-refractivity contribution in [3.05, 3.63) is 22.7 Å². The van der Waals surface area contributed by atoms with Crippen molar-refractivity contribution in [1.29, 1.82) is 0 Å². The van der Waals surface area contributed by atoms with Crippen LogP contribution >= 0.6 is 15.9 Å². The molecule has 1 aromatic carbocycles. The number of hydrogen-bond acceptors (Lipinski definition) is 4. The second kappa shape index (κ2) is 5.10. The van der Waals surface area contributed by atoms with Crippen LogP contribution in [0.3, 0.4) is 0 Å². The molecule has 0 unspecified atom stereocenters. The average molecular weight is 310 g/mol. The second-order valence-electron chi connectivity index (χ2n) is 4.36. The molecule has 2 aromatic rings. The minimum absolute atomic E-state index is 0.0235. The van der Waals surface area contributed by atoms with E-state index in [1.165, 1.54) is 0 Å². The third-order valence-electron chi connectivity index (χ3n) is 2.87. The van der Waals surface area contributed by atoms with Crippen LogP contribution in [0.4, 0.5) is 5.95 Å². The van der Waals surface area contributed by atoms with E-state index in [-0.39, 0.29) is 11.9 Å². The van der Waals surface area contributed by atoms with Crippen LogP contribution < -0.4 is 4.90 Å². The summed E-state index contributed by atoms with van der Waals surface area (Å²) in [5.41, 5.74) is 0.735. The van der Waals surface area contributed by atoms with Crippen molar-refractivity contribution >= 4 is 32.8 Å². The van der Waals surface area contributed by atoms with E-state index in [2.05, 4.69) is 39.7 Å². The highest BCUT2D eigenvalue weighted by Crippen LogP contribution is 2.29. The zero-order valence-electron chi connectivity index (χ0n) is 10.7. The maximum absolute atomic E-state index is 10.0. The first-order valence-corrected chi connectivity index (χ1v) is 6.75. The first kappa shape index (κ1) is 13.1. The Morgan fingerprint density at radius 3 is 2.67 bits per heavy atom. The summed E-state index contributed by atoms with van der Waals surface area (Å²) in [7, 11) is 0. The Bertz CT molecular complexity index is 571. The lowest BCUT2D eigenvalue weighted by Crippen LogP contribution is -2.31. The first-order valence-electron chi connectivity index (χ1n) is 5.96. The van der Waals surface area contributed by atoms with Crippen LogP contribution in [0.2, 0.25) is 0 Å². The Balaban J connectivity index is 2.64. The van der Waals surface area contributed by atoms with E-state index < -0.39 is 0 Å². The molecule has 5 heteroatoms. The summed E-state index contributed by atoms with van der Waals surface area (Å²) in [5, 5.41) is 10.7. The predicted molar refractivity (Wildman–Crippen MR) is 77.1 cm³/mol. The van der Waals surface area contributed by atoms with Gasteiger partial charge < -0.3 is 10.0 Å². The summed E-state index contributed by atoms with van der Waals surface area (Å²) in [6, 6.07) is 5.86. The molecule has 0 aliphatic rings. The van der Waals surface area contributed by atoms with Gasteiger partial charge in [0.2, 0.25) is 11.8 Å². The van der Waals surface area contributed by atoms with E-state index in [9.17, 15) is 5.11 Å². The van der Waals surface area contributed by atoms with Crippen LogP contribution in [-0.2, 0) is 0 Å². The zero-order chi connectivity index (χ0) is 13.3. The predicted octanol–water partition coefficient (Wildman–Crippen LogP) is 3.33. The molecule has 0 saturated carbocycles. The van der Waals surface area contributed by atoms with Gasteiger partial charge in [0.05, 0.1) is 10.9 Å². The minimum atomic E-state index is 0.0235. The third-order valence-corrected chi connectivity index (χ3v) is 3.51. The number of rotatable bonds is 3. The molecule has 1 aromatic heterocycles. The number of halogens is 1. The molecule has 0 spiro atoms. The van der Waals surface area contributed by atoms with Crippen LogP contribution in [0.5, 0.6) is 5.88 Å². The number of para-hydroxylation sites is 1. The van der Waals surface area contributed by atoms with Crippen molar-refractivity contribution in [2.24, 2.45) is 0 Å². The van der Waals surface area contributed by atoms with Gasteiger partial charge in [-0.3, -0.25) is 0 Å². The van der Waals surface area contributed by atoms with E-state index in [0.29, 0.717) is 11.3 Å². The molecule has 1 N–H and O–H groups in total. The van der Waals surface area contributed by atoms with Gasteiger partial charge >= 0.3 is 0 Å². The van der Waals surface area contributed by atoms with Crippen LogP contribution in [0.25, 0.3) is 10.9 Å². The van der Waals surface area contributed by atoms with Gasteiger partial charge in [0.25, 0.3) is 0 Å². The molecule has 0 radical (unpaired) electrons. The number of benzene rings is 1. The molecule has 0 aliphatic heterocycles. The Morgan fingerprint density at radius 1 is 1.33 bits per heavy atom. The second-order valence-corrected chi connectivity index (χ2v) is 5.22. The lowest BCUT2D eigenvalue weighted by Gasteiger charge is -2.25. The van der Waals surface area contributed by atoms with Crippen molar-refractivity contribution in [2.45, 2.75) is 26.8 Å². The fourth-order valence-corrected chi connectivity index (χ4v) is 2.41. The molecule has 1 heterocycles. The summed E-state index contributed by atoms with van der Waals surface area (Å²) >= 11 is 3.45. The van der Waals surface area contributed by atoms with Crippen molar-refractivity contribution in [3.8, 4) is 5.88 Å². The molecule has 0 saturated heterocycles. The number of aromatic hydroxyl groups is 1. The highest BCUT2D eigenvalue weighted by molar-refractivity contribution is 9.10. The van der Waals surface area contributed by atoms with Gasteiger partial charge in [-0.25, -0.2) is 4.98 Å². The molecule has 96 valence electrons.